The predicted octanol–water partition coefficient (Wildman–Crippen LogP) is 2.65. The summed E-state index contributed by atoms with van der Waals surface area (Å²) in [6.07, 6.45) is 4.50. The van der Waals surface area contributed by atoms with E-state index in [4.69, 9.17) is 0 Å². The van der Waals surface area contributed by atoms with Crippen molar-refractivity contribution >= 4 is 27.5 Å². The van der Waals surface area contributed by atoms with E-state index in [-0.39, 0.29) is 24.1 Å². The van der Waals surface area contributed by atoms with Crippen LogP contribution in [0.25, 0.3) is 10.2 Å². The Labute approximate surface area is 143 Å². The van der Waals surface area contributed by atoms with E-state index >= 15 is 0 Å². The minimum absolute atomic E-state index is 0.00368. The number of hydrogen-bond donors (Lipinski definition) is 1. The molecule has 1 aromatic carbocycles. The fraction of sp³-hybridized carbons (Fsp3) is 0.278. The normalized spacial score (nSPS) is 16.8. The smallest absolute Gasteiger partial charge is 0.262 e. The third kappa shape index (κ3) is 2.73. The Morgan fingerprint density at radius 3 is 3.12 bits per heavy atom. The Hall–Kier alpha value is -2.47. The van der Waals surface area contributed by atoms with E-state index in [1.165, 1.54) is 33.4 Å². The van der Waals surface area contributed by atoms with Crippen LogP contribution >= 0.6 is 11.3 Å². The number of nitrogens with zero attached hydrogens (tertiary/aromatic N) is 2. The highest BCUT2D eigenvalue weighted by atomic mass is 32.1. The van der Waals surface area contributed by atoms with Crippen LogP contribution in [0.3, 0.4) is 0 Å². The first-order valence-corrected chi connectivity index (χ1v) is 8.90. The van der Waals surface area contributed by atoms with Crippen LogP contribution in [0.2, 0.25) is 0 Å². The van der Waals surface area contributed by atoms with Crippen LogP contribution < -0.4 is 10.9 Å². The molecule has 0 radical (unpaired) electrons. The van der Waals surface area contributed by atoms with Gasteiger partial charge in [0.2, 0.25) is 5.91 Å². The molecule has 1 N–H and O–H groups in total. The summed E-state index contributed by atoms with van der Waals surface area (Å²) in [5.74, 6) is -0.157. The van der Waals surface area contributed by atoms with Gasteiger partial charge in [-0.05, 0) is 41.8 Å². The van der Waals surface area contributed by atoms with Crippen molar-refractivity contribution in [1.82, 2.24) is 14.9 Å². The molecule has 0 spiro atoms. The summed E-state index contributed by atoms with van der Waals surface area (Å²) in [6.45, 7) is -0.00368. The van der Waals surface area contributed by atoms with Gasteiger partial charge in [-0.25, -0.2) is 4.98 Å². The van der Waals surface area contributed by atoms with Crippen LogP contribution in [0.5, 0.6) is 0 Å². The molecule has 1 aliphatic carbocycles. The molecule has 1 aliphatic rings. The highest BCUT2D eigenvalue weighted by molar-refractivity contribution is 7.16. The summed E-state index contributed by atoms with van der Waals surface area (Å²) in [5, 5.41) is 5.47. The number of thiophene rings is 1. The van der Waals surface area contributed by atoms with Crippen molar-refractivity contribution in [2.45, 2.75) is 31.8 Å². The zero-order chi connectivity index (χ0) is 16.5. The number of carbonyl (C=O) groups excluding carboxylic acids is 1. The lowest BCUT2D eigenvalue weighted by Gasteiger charge is -2.26. The van der Waals surface area contributed by atoms with E-state index in [0.717, 1.165) is 19.3 Å². The topological polar surface area (TPSA) is 64.0 Å². The molecule has 0 saturated carbocycles. The SMILES string of the molecule is O=C(Cn1cnc2sccc2c1=O)N[C@@H]1CCCc2ccccc21. The number of rotatable bonds is 3. The fourth-order valence-electron chi connectivity index (χ4n) is 3.30. The minimum Gasteiger partial charge on any atom is -0.348 e. The first kappa shape index (κ1) is 15.1. The first-order valence-electron chi connectivity index (χ1n) is 8.02. The highest BCUT2D eigenvalue weighted by Crippen LogP contribution is 2.29. The molecule has 4 rings (SSSR count). The molecule has 0 unspecified atom stereocenters. The summed E-state index contributed by atoms with van der Waals surface area (Å²) >= 11 is 1.42. The van der Waals surface area contributed by atoms with Crippen molar-refractivity contribution in [3.05, 3.63) is 63.5 Å². The number of aryl methyl sites for hydroxylation is 1. The van der Waals surface area contributed by atoms with Crippen molar-refractivity contribution in [3.8, 4) is 0 Å². The molecule has 2 heterocycles. The number of amides is 1. The molecular weight excluding hydrogens is 322 g/mol. The molecule has 0 aliphatic heterocycles. The van der Waals surface area contributed by atoms with Gasteiger partial charge in [-0.1, -0.05) is 24.3 Å². The number of fused-ring (bicyclic) bond motifs is 2. The van der Waals surface area contributed by atoms with E-state index in [2.05, 4.69) is 22.4 Å². The maximum Gasteiger partial charge on any atom is 0.262 e. The predicted molar refractivity (Wildman–Crippen MR) is 94.1 cm³/mol. The number of nitrogens with one attached hydrogen (secondary N) is 1. The van der Waals surface area contributed by atoms with Crippen LogP contribution in [0.15, 0.2) is 46.8 Å². The number of carbonyl (C=O) groups is 1. The lowest BCUT2D eigenvalue weighted by Crippen LogP contribution is -2.36. The molecule has 1 atom stereocenters. The lowest BCUT2D eigenvalue weighted by atomic mass is 9.88. The van der Waals surface area contributed by atoms with E-state index in [1.54, 1.807) is 6.07 Å². The largest absolute Gasteiger partial charge is 0.348 e. The van der Waals surface area contributed by atoms with Gasteiger partial charge in [0.05, 0.1) is 17.8 Å². The molecule has 0 fully saturated rings. The van der Waals surface area contributed by atoms with Crippen LogP contribution in [0.4, 0.5) is 0 Å². The molecule has 3 aromatic rings. The fourth-order valence-corrected chi connectivity index (χ4v) is 4.03. The molecule has 0 bridgehead atoms. The Morgan fingerprint density at radius 2 is 2.21 bits per heavy atom. The van der Waals surface area contributed by atoms with Gasteiger partial charge in [-0.2, -0.15) is 0 Å². The van der Waals surface area contributed by atoms with Gasteiger partial charge in [0.25, 0.3) is 5.56 Å². The van der Waals surface area contributed by atoms with Gasteiger partial charge >= 0.3 is 0 Å². The van der Waals surface area contributed by atoms with Crippen molar-refractivity contribution in [2.75, 3.05) is 0 Å². The zero-order valence-corrected chi connectivity index (χ0v) is 13.9. The molecular formula is C18H17N3O2S. The second kappa shape index (κ2) is 6.20. The third-order valence-corrected chi connectivity index (χ3v) is 5.29. The summed E-state index contributed by atoms with van der Waals surface area (Å²) in [6, 6.07) is 10.0. The summed E-state index contributed by atoms with van der Waals surface area (Å²) in [5.41, 5.74) is 2.32. The van der Waals surface area contributed by atoms with E-state index in [1.807, 2.05) is 17.5 Å². The molecule has 122 valence electrons. The number of benzene rings is 1. The van der Waals surface area contributed by atoms with Gasteiger partial charge in [0, 0.05) is 0 Å². The summed E-state index contributed by atoms with van der Waals surface area (Å²) in [4.78, 5) is 29.7. The highest BCUT2D eigenvalue weighted by Gasteiger charge is 2.21. The standard InChI is InChI=1S/C18H17N3O2S/c22-16(10-21-11-19-17-14(18(21)23)8-9-24-17)20-15-7-3-5-12-4-1-2-6-13(12)15/h1-2,4,6,8-9,11,15H,3,5,7,10H2,(H,20,22)/t15-/m1/s1. The molecule has 6 heteroatoms. The first-order chi connectivity index (χ1) is 11.7. The van der Waals surface area contributed by atoms with E-state index in [0.29, 0.717) is 10.2 Å². The van der Waals surface area contributed by atoms with Crippen molar-refractivity contribution in [2.24, 2.45) is 0 Å². The zero-order valence-electron chi connectivity index (χ0n) is 13.1. The number of aromatic nitrogens is 2. The molecule has 0 saturated heterocycles. The molecule has 24 heavy (non-hydrogen) atoms. The van der Waals surface area contributed by atoms with E-state index < -0.39 is 0 Å². The van der Waals surface area contributed by atoms with Crippen LogP contribution in [-0.4, -0.2) is 15.5 Å². The second-order valence-electron chi connectivity index (χ2n) is 6.03. The number of hydrogen-bond acceptors (Lipinski definition) is 4. The Bertz CT molecular complexity index is 960. The van der Waals surface area contributed by atoms with Crippen molar-refractivity contribution in [3.63, 3.8) is 0 Å². The minimum atomic E-state index is -0.166. The molecule has 1 amide bonds. The van der Waals surface area contributed by atoms with Crippen LogP contribution in [-0.2, 0) is 17.8 Å². The van der Waals surface area contributed by atoms with Crippen molar-refractivity contribution < 1.29 is 4.79 Å². The Kier molecular flexibility index (Phi) is 3.90. The third-order valence-electron chi connectivity index (χ3n) is 4.47. The quantitative estimate of drug-likeness (QED) is 0.798. The van der Waals surface area contributed by atoms with Crippen LogP contribution in [0.1, 0.15) is 30.0 Å². The maximum absolute atomic E-state index is 12.4. The average Bonchev–Trinajstić information content (AvgIpc) is 3.07. The average molecular weight is 339 g/mol. The Morgan fingerprint density at radius 1 is 1.33 bits per heavy atom. The molecule has 2 aromatic heterocycles. The second-order valence-corrected chi connectivity index (χ2v) is 6.92. The van der Waals surface area contributed by atoms with Gasteiger partial charge in [0.15, 0.2) is 0 Å². The maximum atomic E-state index is 12.4. The van der Waals surface area contributed by atoms with Gasteiger partial charge < -0.3 is 5.32 Å². The summed E-state index contributed by atoms with van der Waals surface area (Å²) in [7, 11) is 0. The summed E-state index contributed by atoms with van der Waals surface area (Å²) < 4.78 is 1.37. The van der Waals surface area contributed by atoms with E-state index in [9.17, 15) is 9.59 Å². The van der Waals surface area contributed by atoms with Crippen LogP contribution in [0, 0.1) is 0 Å². The van der Waals surface area contributed by atoms with Gasteiger partial charge in [-0.15, -0.1) is 11.3 Å². The van der Waals surface area contributed by atoms with Gasteiger partial charge in [0.1, 0.15) is 11.4 Å². The monoisotopic (exact) mass is 339 g/mol. The van der Waals surface area contributed by atoms with Crippen molar-refractivity contribution in [1.29, 1.82) is 0 Å². The lowest BCUT2D eigenvalue weighted by molar-refractivity contribution is -0.122. The molecule has 5 nitrogen and oxygen atoms in total. The Balaban J connectivity index is 1.53. The van der Waals surface area contributed by atoms with Gasteiger partial charge in [-0.3, -0.25) is 14.2 Å².